The molecule has 0 aliphatic carbocycles. The minimum atomic E-state index is -3.76. The number of sulfonamides is 1. The van der Waals surface area contributed by atoms with Crippen LogP contribution in [-0.2, 0) is 19.6 Å². The molecule has 9 heteroatoms. The Hall–Kier alpha value is -2.94. The van der Waals surface area contributed by atoms with E-state index in [0.717, 1.165) is 10.6 Å². The predicted molar refractivity (Wildman–Crippen MR) is 99.6 cm³/mol. The van der Waals surface area contributed by atoms with E-state index in [1.54, 1.807) is 6.92 Å². The molecule has 1 amide bonds. The fourth-order valence-electron chi connectivity index (χ4n) is 2.24. The lowest BCUT2D eigenvalue weighted by molar-refractivity contribution is -0.114. The van der Waals surface area contributed by atoms with E-state index >= 15 is 0 Å². The maximum absolute atomic E-state index is 12.9. The van der Waals surface area contributed by atoms with Gasteiger partial charge >= 0.3 is 5.97 Å². The standard InChI is InChI=1S/C18H19FN2O5S/c1-3-26-18(23)13-4-10-16(11-5-13)21(27(2,24)25)12-17(22)20-15-8-6-14(19)7-9-15/h4-11H,3,12H2,1-2H3,(H,20,22). The van der Waals surface area contributed by atoms with Crippen molar-refractivity contribution in [1.82, 2.24) is 0 Å². The molecule has 0 aliphatic rings. The molecule has 0 saturated carbocycles. The normalized spacial score (nSPS) is 10.9. The summed E-state index contributed by atoms with van der Waals surface area (Å²) in [5.74, 6) is -1.57. The highest BCUT2D eigenvalue weighted by Gasteiger charge is 2.21. The predicted octanol–water partition coefficient (Wildman–Crippen LogP) is 2.41. The van der Waals surface area contributed by atoms with E-state index in [2.05, 4.69) is 5.32 Å². The van der Waals surface area contributed by atoms with Crippen molar-refractivity contribution < 1.29 is 27.1 Å². The summed E-state index contributed by atoms with van der Waals surface area (Å²) >= 11 is 0. The molecule has 0 saturated heterocycles. The second-order valence-corrected chi connectivity index (χ2v) is 7.50. The van der Waals surface area contributed by atoms with E-state index in [9.17, 15) is 22.4 Å². The summed E-state index contributed by atoms with van der Waals surface area (Å²) in [5.41, 5.74) is 0.831. The Bertz CT molecular complexity index is 912. The number of nitrogens with one attached hydrogen (secondary N) is 1. The molecular formula is C18H19FN2O5S. The van der Waals surface area contributed by atoms with E-state index < -0.39 is 34.3 Å². The van der Waals surface area contributed by atoms with Crippen molar-refractivity contribution in [2.45, 2.75) is 6.92 Å². The molecule has 0 radical (unpaired) electrons. The van der Waals surface area contributed by atoms with Gasteiger partial charge in [-0.05, 0) is 55.5 Å². The van der Waals surface area contributed by atoms with Crippen LogP contribution in [0.25, 0.3) is 0 Å². The van der Waals surface area contributed by atoms with Gasteiger partial charge in [-0.3, -0.25) is 9.10 Å². The molecule has 2 aromatic rings. The van der Waals surface area contributed by atoms with Crippen LogP contribution in [0.3, 0.4) is 0 Å². The van der Waals surface area contributed by atoms with Crippen molar-refractivity contribution in [3.05, 3.63) is 59.9 Å². The molecule has 0 spiro atoms. The lowest BCUT2D eigenvalue weighted by Gasteiger charge is -2.22. The first-order valence-corrected chi connectivity index (χ1v) is 9.86. The van der Waals surface area contributed by atoms with Gasteiger partial charge in [0.05, 0.1) is 24.1 Å². The molecule has 0 fully saturated rings. The van der Waals surface area contributed by atoms with E-state index in [4.69, 9.17) is 4.74 Å². The highest BCUT2D eigenvalue weighted by Crippen LogP contribution is 2.19. The van der Waals surface area contributed by atoms with Crippen molar-refractivity contribution in [1.29, 1.82) is 0 Å². The van der Waals surface area contributed by atoms with Gasteiger partial charge in [-0.1, -0.05) is 0 Å². The van der Waals surface area contributed by atoms with Gasteiger partial charge in [0.25, 0.3) is 0 Å². The molecule has 0 atom stereocenters. The quantitative estimate of drug-likeness (QED) is 0.728. The first-order valence-electron chi connectivity index (χ1n) is 8.01. The third-order valence-corrected chi connectivity index (χ3v) is 4.62. The summed E-state index contributed by atoms with van der Waals surface area (Å²) in [7, 11) is -3.76. The van der Waals surface area contributed by atoms with Gasteiger partial charge in [-0.25, -0.2) is 17.6 Å². The summed E-state index contributed by atoms with van der Waals surface area (Å²) in [6.07, 6.45) is 0.970. The molecule has 0 bridgehead atoms. The maximum Gasteiger partial charge on any atom is 0.338 e. The van der Waals surface area contributed by atoms with Crippen LogP contribution < -0.4 is 9.62 Å². The molecule has 2 rings (SSSR count). The van der Waals surface area contributed by atoms with Crippen LogP contribution in [0.4, 0.5) is 15.8 Å². The number of esters is 1. The molecule has 0 aliphatic heterocycles. The minimum absolute atomic E-state index is 0.222. The number of carbonyl (C=O) groups excluding carboxylic acids is 2. The second-order valence-electron chi connectivity index (χ2n) is 5.59. The molecule has 0 aromatic heterocycles. The topological polar surface area (TPSA) is 92.8 Å². The number of hydrogen-bond donors (Lipinski definition) is 1. The highest BCUT2D eigenvalue weighted by atomic mass is 32.2. The summed E-state index contributed by atoms with van der Waals surface area (Å²) in [4.78, 5) is 23.9. The highest BCUT2D eigenvalue weighted by molar-refractivity contribution is 7.92. The molecule has 7 nitrogen and oxygen atoms in total. The molecule has 27 heavy (non-hydrogen) atoms. The minimum Gasteiger partial charge on any atom is -0.462 e. The van der Waals surface area contributed by atoms with Gasteiger partial charge in [0, 0.05) is 5.69 Å². The Morgan fingerprint density at radius 2 is 1.67 bits per heavy atom. The number of benzene rings is 2. The number of rotatable bonds is 7. The number of hydrogen-bond acceptors (Lipinski definition) is 5. The summed E-state index contributed by atoms with van der Waals surface area (Å²) < 4.78 is 42.9. The van der Waals surface area contributed by atoms with Crippen LogP contribution >= 0.6 is 0 Å². The van der Waals surface area contributed by atoms with Crippen LogP contribution in [0.5, 0.6) is 0 Å². The van der Waals surface area contributed by atoms with E-state index in [0.29, 0.717) is 5.69 Å². The number of amides is 1. The fraction of sp³-hybridized carbons (Fsp3) is 0.222. The summed E-state index contributed by atoms with van der Waals surface area (Å²) in [6, 6.07) is 10.8. The first-order chi connectivity index (χ1) is 12.7. The first kappa shape index (κ1) is 20.4. The SMILES string of the molecule is CCOC(=O)c1ccc(N(CC(=O)Nc2ccc(F)cc2)S(C)(=O)=O)cc1. The fourth-order valence-corrected chi connectivity index (χ4v) is 3.10. The average Bonchev–Trinajstić information content (AvgIpc) is 2.61. The molecular weight excluding hydrogens is 375 g/mol. The van der Waals surface area contributed by atoms with Gasteiger partial charge in [0.1, 0.15) is 12.4 Å². The van der Waals surface area contributed by atoms with E-state index in [1.807, 2.05) is 0 Å². The molecule has 144 valence electrons. The Labute approximate surface area is 156 Å². The van der Waals surface area contributed by atoms with Crippen LogP contribution in [0.2, 0.25) is 0 Å². The third kappa shape index (κ3) is 5.78. The van der Waals surface area contributed by atoms with E-state index in [-0.39, 0.29) is 17.9 Å². The van der Waals surface area contributed by atoms with Crippen LogP contribution in [0, 0.1) is 5.82 Å². The van der Waals surface area contributed by atoms with Crippen molar-refractivity contribution in [2.75, 3.05) is 29.0 Å². The number of ether oxygens (including phenoxy) is 1. The number of anilines is 2. The van der Waals surface area contributed by atoms with Crippen molar-refractivity contribution in [3.63, 3.8) is 0 Å². The van der Waals surface area contributed by atoms with Crippen LogP contribution in [-0.4, -0.2) is 39.7 Å². The zero-order chi connectivity index (χ0) is 20.0. The Morgan fingerprint density at radius 3 is 2.19 bits per heavy atom. The van der Waals surface area contributed by atoms with Gasteiger partial charge in [-0.15, -0.1) is 0 Å². The van der Waals surface area contributed by atoms with Crippen LogP contribution in [0.1, 0.15) is 17.3 Å². The van der Waals surface area contributed by atoms with Crippen molar-refractivity contribution >= 4 is 33.3 Å². The lowest BCUT2D eigenvalue weighted by Crippen LogP contribution is -2.37. The van der Waals surface area contributed by atoms with Crippen LogP contribution in [0.15, 0.2) is 48.5 Å². The average molecular weight is 394 g/mol. The van der Waals surface area contributed by atoms with Gasteiger partial charge < -0.3 is 10.1 Å². The smallest absolute Gasteiger partial charge is 0.338 e. The number of carbonyl (C=O) groups is 2. The molecule has 1 N–H and O–H groups in total. The Morgan fingerprint density at radius 1 is 1.07 bits per heavy atom. The third-order valence-electron chi connectivity index (χ3n) is 3.48. The number of halogens is 1. The Balaban J connectivity index is 2.16. The maximum atomic E-state index is 12.9. The summed E-state index contributed by atoms with van der Waals surface area (Å²) in [6.45, 7) is 1.42. The zero-order valence-electron chi connectivity index (χ0n) is 14.8. The summed E-state index contributed by atoms with van der Waals surface area (Å²) in [5, 5.41) is 2.50. The molecule has 0 unspecified atom stereocenters. The van der Waals surface area contributed by atoms with Gasteiger partial charge in [0.2, 0.25) is 15.9 Å². The Kier molecular flexibility index (Phi) is 6.51. The van der Waals surface area contributed by atoms with Crippen molar-refractivity contribution in [2.24, 2.45) is 0 Å². The molecule has 0 heterocycles. The zero-order valence-corrected chi connectivity index (χ0v) is 15.6. The monoisotopic (exact) mass is 394 g/mol. The number of nitrogens with zero attached hydrogens (tertiary/aromatic N) is 1. The molecule has 2 aromatic carbocycles. The van der Waals surface area contributed by atoms with Gasteiger partial charge in [-0.2, -0.15) is 0 Å². The lowest BCUT2D eigenvalue weighted by atomic mass is 10.2. The largest absolute Gasteiger partial charge is 0.462 e. The van der Waals surface area contributed by atoms with Crippen molar-refractivity contribution in [3.8, 4) is 0 Å². The second kappa shape index (κ2) is 8.63. The van der Waals surface area contributed by atoms with Gasteiger partial charge in [0.15, 0.2) is 0 Å². The van der Waals surface area contributed by atoms with E-state index in [1.165, 1.54) is 48.5 Å².